The van der Waals surface area contributed by atoms with Gasteiger partial charge in [0.25, 0.3) is 0 Å². The van der Waals surface area contributed by atoms with Gasteiger partial charge in [0, 0.05) is 11.4 Å². The molecule has 1 N–H and O–H groups in total. The quantitative estimate of drug-likeness (QED) is 0.804. The molecular weight excluding hydrogens is 237 g/mol. The molecule has 0 atom stereocenters. The van der Waals surface area contributed by atoms with Crippen LogP contribution in [0.25, 0.3) is 0 Å². The number of rotatable bonds is 4. The van der Waals surface area contributed by atoms with E-state index < -0.39 is 18.6 Å². The molecule has 0 radical (unpaired) electrons. The molecule has 15 heavy (non-hydrogen) atoms. The summed E-state index contributed by atoms with van der Waals surface area (Å²) in [5.41, 5.74) is 0. The van der Waals surface area contributed by atoms with E-state index in [4.69, 9.17) is 0 Å². The highest BCUT2D eigenvalue weighted by Crippen LogP contribution is 2.34. The van der Waals surface area contributed by atoms with Gasteiger partial charge in [-0.3, -0.25) is 0 Å². The molecule has 0 fully saturated rings. The van der Waals surface area contributed by atoms with Crippen LogP contribution in [-0.4, -0.2) is 18.6 Å². The van der Waals surface area contributed by atoms with E-state index in [0.717, 1.165) is 0 Å². The van der Waals surface area contributed by atoms with Gasteiger partial charge in [0.1, 0.15) is 0 Å². The minimum atomic E-state index is -5.49. The zero-order valence-electron chi connectivity index (χ0n) is 7.44. The summed E-state index contributed by atoms with van der Waals surface area (Å²) in [5, 5.41) is 3.80. The molecule has 0 saturated carbocycles. The molecule has 1 heterocycles. The molecule has 0 amide bonds. The van der Waals surface area contributed by atoms with E-state index in [2.05, 4.69) is 5.32 Å². The lowest BCUT2D eigenvalue weighted by Crippen LogP contribution is -2.44. The first-order valence-electron chi connectivity index (χ1n) is 4.00. The van der Waals surface area contributed by atoms with Gasteiger partial charge in [-0.05, 0) is 11.4 Å². The largest absolute Gasteiger partial charge is 0.454 e. The van der Waals surface area contributed by atoms with Gasteiger partial charge in [0.15, 0.2) is 0 Å². The SMILES string of the molecule is FC(F)(F)C(F)(F)CNCc1cccs1. The summed E-state index contributed by atoms with van der Waals surface area (Å²) in [6, 6.07) is 3.35. The fraction of sp³-hybridized carbons (Fsp3) is 0.500. The molecular formula is C8H8F5NS. The van der Waals surface area contributed by atoms with E-state index in [0.29, 0.717) is 4.88 Å². The van der Waals surface area contributed by atoms with Crippen LogP contribution in [0.4, 0.5) is 22.0 Å². The van der Waals surface area contributed by atoms with Crippen molar-refractivity contribution >= 4 is 11.3 Å². The fourth-order valence-corrected chi connectivity index (χ4v) is 1.53. The Morgan fingerprint density at radius 3 is 2.33 bits per heavy atom. The van der Waals surface area contributed by atoms with Gasteiger partial charge < -0.3 is 5.32 Å². The zero-order chi connectivity index (χ0) is 11.5. The molecule has 0 unspecified atom stereocenters. The number of thiophene rings is 1. The molecule has 1 aromatic heterocycles. The number of hydrogen-bond acceptors (Lipinski definition) is 2. The molecule has 0 spiro atoms. The molecule has 0 bridgehead atoms. The molecule has 86 valence electrons. The standard InChI is InChI=1S/C8H8F5NS/c9-7(10,8(11,12)13)5-14-4-6-2-1-3-15-6/h1-3,14H,4-5H2. The molecule has 0 saturated heterocycles. The maximum Gasteiger partial charge on any atom is 0.454 e. The minimum absolute atomic E-state index is 0.0172. The van der Waals surface area contributed by atoms with E-state index >= 15 is 0 Å². The third-order valence-corrected chi connectivity index (χ3v) is 2.52. The highest BCUT2D eigenvalue weighted by Gasteiger charge is 2.56. The topological polar surface area (TPSA) is 12.0 Å². The van der Waals surface area contributed by atoms with Crippen molar-refractivity contribution in [2.45, 2.75) is 18.6 Å². The minimum Gasteiger partial charge on any atom is -0.306 e. The summed E-state index contributed by atoms with van der Waals surface area (Å²) in [7, 11) is 0. The van der Waals surface area contributed by atoms with Gasteiger partial charge in [0.2, 0.25) is 0 Å². The van der Waals surface area contributed by atoms with Crippen LogP contribution in [0.5, 0.6) is 0 Å². The van der Waals surface area contributed by atoms with Crippen molar-refractivity contribution in [3.8, 4) is 0 Å². The lowest BCUT2D eigenvalue weighted by atomic mass is 10.3. The first kappa shape index (κ1) is 12.4. The second-order valence-electron chi connectivity index (χ2n) is 2.89. The summed E-state index contributed by atoms with van der Waals surface area (Å²) in [6.45, 7) is -1.38. The first-order chi connectivity index (χ1) is 6.83. The van der Waals surface area contributed by atoms with Gasteiger partial charge in [0.05, 0.1) is 6.54 Å². The van der Waals surface area contributed by atoms with Crippen LogP contribution in [0, 0.1) is 0 Å². The van der Waals surface area contributed by atoms with E-state index in [-0.39, 0.29) is 6.54 Å². The van der Waals surface area contributed by atoms with E-state index in [9.17, 15) is 22.0 Å². The fourth-order valence-electron chi connectivity index (χ4n) is 0.856. The predicted octanol–water partition coefficient (Wildman–Crippen LogP) is 3.04. The van der Waals surface area contributed by atoms with E-state index in [1.165, 1.54) is 11.3 Å². The van der Waals surface area contributed by atoms with E-state index in [1.807, 2.05) is 0 Å². The summed E-state index contributed by atoms with van der Waals surface area (Å²) in [4.78, 5) is 0.716. The summed E-state index contributed by atoms with van der Waals surface area (Å²) >= 11 is 1.29. The second kappa shape index (κ2) is 4.44. The number of halogens is 5. The van der Waals surface area contributed by atoms with Crippen molar-refractivity contribution in [1.29, 1.82) is 0 Å². The monoisotopic (exact) mass is 245 g/mol. The molecule has 0 aliphatic rings. The zero-order valence-corrected chi connectivity index (χ0v) is 8.26. The number of alkyl halides is 5. The smallest absolute Gasteiger partial charge is 0.306 e. The average molecular weight is 245 g/mol. The van der Waals surface area contributed by atoms with Gasteiger partial charge in [-0.2, -0.15) is 22.0 Å². The van der Waals surface area contributed by atoms with Crippen LogP contribution < -0.4 is 5.32 Å². The number of hydrogen-bond donors (Lipinski definition) is 1. The molecule has 0 aromatic carbocycles. The normalized spacial score (nSPS) is 13.1. The highest BCUT2D eigenvalue weighted by molar-refractivity contribution is 7.09. The Bertz CT molecular complexity index is 292. The Hall–Kier alpha value is -0.690. The van der Waals surface area contributed by atoms with Gasteiger partial charge in [-0.15, -0.1) is 11.3 Å². The highest BCUT2D eigenvalue weighted by atomic mass is 32.1. The van der Waals surface area contributed by atoms with Gasteiger partial charge in [-0.25, -0.2) is 0 Å². The second-order valence-corrected chi connectivity index (χ2v) is 3.92. The molecule has 1 aromatic rings. The molecule has 1 rings (SSSR count). The Balaban J connectivity index is 2.37. The third-order valence-electron chi connectivity index (χ3n) is 1.64. The van der Waals surface area contributed by atoms with Gasteiger partial charge in [-0.1, -0.05) is 6.07 Å². The third kappa shape index (κ3) is 3.42. The number of nitrogens with one attached hydrogen (secondary N) is 1. The Morgan fingerprint density at radius 1 is 1.20 bits per heavy atom. The van der Waals surface area contributed by atoms with Crippen molar-refractivity contribution in [2.24, 2.45) is 0 Å². The molecule has 1 nitrogen and oxygen atoms in total. The van der Waals surface area contributed by atoms with Crippen molar-refractivity contribution in [1.82, 2.24) is 5.32 Å². The van der Waals surface area contributed by atoms with Crippen LogP contribution in [-0.2, 0) is 6.54 Å². The Morgan fingerprint density at radius 2 is 1.87 bits per heavy atom. The average Bonchev–Trinajstić information content (AvgIpc) is 2.54. The van der Waals surface area contributed by atoms with Gasteiger partial charge >= 0.3 is 12.1 Å². The van der Waals surface area contributed by atoms with Crippen LogP contribution >= 0.6 is 11.3 Å². The summed E-state index contributed by atoms with van der Waals surface area (Å²) < 4.78 is 59.9. The predicted molar refractivity (Wildman–Crippen MR) is 47.0 cm³/mol. The van der Waals surface area contributed by atoms with Crippen LogP contribution in [0.3, 0.4) is 0 Å². The van der Waals surface area contributed by atoms with Crippen LogP contribution in [0.2, 0.25) is 0 Å². The Labute approximate surface area is 86.9 Å². The first-order valence-corrected chi connectivity index (χ1v) is 4.88. The lowest BCUT2D eigenvalue weighted by Gasteiger charge is -2.19. The van der Waals surface area contributed by atoms with Crippen molar-refractivity contribution in [3.63, 3.8) is 0 Å². The van der Waals surface area contributed by atoms with Crippen LogP contribution in [0.15, 0.2) is 17.5 Å². The lowest BCUT2D eigenvalue weighted by molar-refractivity contribution is -0.279. The molecule has 0 aliphatic carbocycles. The molecule has 0 aliphatic heterocycles. The van der Waals surface area contributed by atoms with Crippen molar-refractivity contribution < 1.29 is 22.0 Å². The van der Waals surface area contributed by atoms with E-state index in [1.54, 1.807) is 17.5 Å². The van der Waals surface area contributed by atoms with Crippen molar-refractivity contribution in [2.75, 3.05) is 6.54 Å². The maximum atomic E-state index is 12.4. The maximum absolute atomic E-state index is 12.4. The van der Waals surface area contributed by atoms with Crippen LogP contribution in [0.1, 0.15) is 4.88 Å². The Kier molecular flexibility index (Phi) is 3.67. The summed E-state index contributed by atoms with van der Waals surface area (Å²) in [6.07, 6.45) is -5.49. The van der Waals surface area contributed by atoms with Crippen molar-refractivity contribution in [3.05, 3.63) is 22.4 Å². The summed E-state index contributed by atoms with van der Waals surface area (Å²) in [5.74, 6) is -4.68. The molecule has 7 heteroatoms.